The monoisotopic (exact) mass is 367 g/mol. The fraction of sp³-hybridized carbons (Fsp3) is 0.368. The van der Waals surface area contributed by atoms with Crippen molar-refractivity contribution < 1.29 is 27.4 Å². The molecule has 0 saturated carbocycles. The summed E-state index contributed by atoms with van der Waals surface area (Å²) in [7, 11) is 0. The highest BCUT2D eigenvalue weighted by molar-refractivity contribution is 5.91. The molecule has 0 unspecified atom stereocenters. The van der Waals surface area contributed by atoms with E-state index in [0.29, 0.717) is 18.4 Å². The van der Waals surface area contributed by atoms with Gasteiger partial charge in [-0.25, -0.2) is 9.18 Å². The van der Waals surface area contributed by atoms with Crippen molar-refractivity contribution in [2.45, 2.75) is 39.0 Å². The minimum Gasteiger partial charge on any atom is -0.494 e. The lowest BCUT2D eigenvalue weighted by Crippen LogP contribution is -2.11. The van der Waals surface area contributed by atoms with Gasteiger partial charge in [0.2, 0.25) is 0 Å². The number of halogens is 3. The van der Waals surface area contributed by atoms with Gasteiger partial charge in [-0.2, -0.15) is 13.8 Å². The molecule has 1 aromatic carbocycles. The van der Waals surface area contributed by atoms with E-state index in [4.69, 9.17) is 9.47 Å². The Kier molecular flexibility index (Phi) is 7.44. The van der Waals surface area contributed by atoms with Crippen LogP contribution in [0.3, 0.4) is 0 Å². The number of unbranched alkanes of at least 4 members (excludes halogenated alkanes) is 4. The summed E-state index contributed by atoms with van der Waals surface area (Å²) < 4.78 is 49.5. The van der Waals surface area contributed by atoms with Gasteiger partial charge in [0, 0.05) is 6.07 Å². The van der Waals surface area contributed by atoms with E-state index in [1.54, 1.807) is 12.1 Å². The maximum Gasteiger partial charge on any atom is 0.343 e. The van der Waals surface area contributed by atoms with Crippen molar-refractivity contribution in [3.8, 4) is 11.5 Å². The average molecular weight is 367 g/mol. The number of pyridine rings is 1. The molecule has 0 aliphatic rings. The molecular weight excluding hydrogens is 347 g/mol. The minimum absolute atomic E-state index is 0.115. The third-order valence-electron chi connectivity index (χ3n) is 3.66. The van der Waals surface area contributed by atoms with Crippen LogP contribution in [-0.4, -0.2) is 17.6 Å². The summed E-state index contributed by atoms with van der Waals surface area (Å²) in [6.45, 7) is 2.74. The topological polar surface area (TPSA) is 48.4 Å². The molecule has 7 heteroatoms. The van der Waals surface area contributed by atoms with Gasteiger partial charge in [0.05, 0.1) is 12.2 Å². The second kappa shape index (κ2) is 9.79. The lowest BCUT2D eigenvalue weighted by Gasteiger charge is -2.08. The number of carbonyl (C=O) groups excluding carboxylic acids is 1. The molecule has 0 saturated heterocycles. The summed E-state index contributed by atoms with van der Waals surface area (Å²) in [4.78, 5) is 14.6. The third-order valence-corrected chi connectivity index (χ3v) is 3.66. The van der Waals surface area contributed by atoms with E-state index in [0.717, 1.165) is 12.8 Å². The molecule has 0 spiro atoms. The van der Waals surface area contributed by atoms with Gasteiger partial charge in [-0.1, -0.05) is 32.6 Å². The molecule has 0 amide bonds. The van der Waals surface area contributed by atoms with Gasteiger partial charge >= 0.3 is 5.97 Å². The first-order chi connectivity index (χ1) is 12.5. The van der Waals surface area contributed by atoms with E-state index < -0.39 is 29.4 Å². The summed E-state index contributed by atoms with van der Waals surface area (Å²) in [6, 6.07) is 6.50. The summed E-state index contributed by atoms with van der Waals surface area (Å²) >= 11 is 0. The molecule has 0 aliphatic heterocycles. The highest BCUT2D eigenvalue weighted by atomic mass is 19.2. The Morgan fingerprint density at radius 2 is 1.69 bits per heavy atom. The Hall–Kier alpha value is -2.57. The van der Waals surface area contributed by atoms with Crippen LogP contribution in [0, 0.1) is 17.7 Å². The van der Waals surface area contributed by atoms with Crippen LogP contribution in [0.15, 0.2) is 30.3 Å². The molecule has 2 aromatic rings. The SMILES string of the molecule is CCCCCCCOc1ccc(C(=O)Oc2cc(F)c(F)nc2F)cc1. The molecular formula is C19H20F3NO3. The van der Waals surface area contributed by atoms with Crippen LogP contribution >= 0.6 is 0 Å². The van der Waals surface area contributed by atoms with E-state index in [2.05, 4.69) is 11.9 Å². The molecule has 1 aromatic heterocycles. The van der Waals surface area contributed by atoms with Crippen LogP contribution in [0.1, 0.15) is 49.4 Å². The zero-order chi connectivity index (χ0) is 18.9. The van der Waals surface area contributed by atoms with E-state index in [1.807, 2.05) is 0 Å². The number of hydrogen-bond acceptors (Lipinski definition) is 4. The molecule has 0 bridgehead atoms. The number of ether oxygens (including phenoxy) is 2. The van der Waals surface area contributed by atoms with Gasteiger partial charge in [0.25, 0.3) is 11.9 Å². The molecule has 1 heterocycles. The van der Waals surface area contributed by atoms with Gasteiger partial charge in [-0.05, 0) is 30.7 Å². The lowest BCUT2D eigenvalue weighted by atomic mass is 10.2. The molecule has 26 heavy (non-hydrogen) atoms. The van der Waals surface area contributed by atoms with Gasteiger partial charge in [-0.3, -0.25) is 0 Å². The van der Waals surface area contributed by atoms with Gasteiger partial charge in [-0.15, -0.1) is 0 Å². The highest BCUT2D eigenvalue weighted by Gasteiger charge is 2.17. The Bertz CT molecular complexity index is 736. The summed E-state index contributed by atoms with van der Waals surface area (Å²) in [5, 5.41) is 0. The van der Waals surface area contributed by atoms with Crippen molar-refractivity contribution in [2.75, 3.05) is 6.61 Å². The molecule has 0 N–H and O–H groups in total. The number of hydrogen-bond donors (Lipinski definition) is 0. The Labute approximate surface area is 150 Å². The second-order valence-electron chi connectivity index (χ2n) is 5.73. The Balaban J connectivity index is 1.87. The van der Waals surface area contributed by atoms with Crippen LogP contribution in [0.5, 0.6) is 11.5 Å². The molecule has 2 rings (SSSR count). The quantitative estimate of drug-likeness (QED) is 0.353. The van der Waals surface area contributed by atoms with Crippen molar-refractivity contribution in [1.29, 1.82) is 0 Å². The summed E-state index contributed by atoms with van der Waals surface area (Å²) in [5.41, 5.74) is 0.115. The van der Waals surface area contributed by atoms with Gasteiger partial charge < -0.3 is 9.47 Å². The van der Waals surface area contributed by atoms with Crippen molar-refractivity contribution in [3.05, 3.63) is 53.6 Å². The largest absolute Gasteiger partial charge is 0.494 e. The van der Waals surface area contributed by atoms with Crippen molar-refractivity contribution in [3.63, 3.8) is 0 Å². The number of rotatable bonds is 9. The standard InChI is InChI=1S/C19H20F3NO3/c1-2-3-4-5-6-11-25-14-9-7-13(8-10-14)19(24)26-16-12-15(20)17(21)23-18(16)22/h7-10,12H,2-6,11H2,1H3. The molecule has 0 fully saturated rings. The zero-order valence-electron chi connectivity index (χ0n) is 14.4. The predicted molar refractivity (Wildman–Crippen MR) is 89.8 cm³/mol. The number of benzene rings is 1. The van der Waals surface area contributed by atoms with E-state index in [1.165, 1.54) is 31.4 Å². The molecule has 0 aliphatic carbocycles. The van der Waals surface area contributed by atoms with Crippen LogP contribution in [0.4, 0.5) is 13.2 Å². The maximum absolute atomic E-state index is 13.4. The number of esters is 1. The first-order valence-electron chi connectivity index (χ1n) is 8.48. The smallest absolute Gasteiger partial charge is 0.343 e. The van der Waals surface area contributed by atoms with E-state index in [9.17, 15) is 18.0 Å². The van der Waals surface area contributed by atoms with Crippen LogP contribution in [0.2, 0.25) is 0 Å². The van der Waals surface area contributed by atoms with Crippen molar-refractivity contribution in [1.82, 2.24) is 4.98 Å². The number of carbonyl (C=O) groups is 1. The van der Waals surface area contributed by atoms with Crippen LogP contribution < -0.4 is 9.47 Å². The zero-order valence-corrected chi connectivity index (χ0v) is 14.4. The summed E-state index contributed by atoms with van der Waals surface area (Å²) in [6.07, 6.45) is 5.63. The van der Waals surface area contributed by atoms with E-state index in [-0.39, 0.29) is 5.56 Å². The van der Waals surface area contributed by atoms with Crippen LogP contribution in [-0.2, 0) is 0 Å². The fourth-order valence-electron chi connectivity index (χ4n) is 2.24. The second-order valence-corrected chi connectivity index (χ2v) is 5.73. The molecule has 0 radical (unpaired) electrons. The lowest BCUT2D eigenvalue weighted by molar-refractivity contribution is 0.0724. The maximum atomic E-state index is 13.4. The number of aromatic nitrogens is 1. The first-order valence-corrected chi connectivity index (χ1v) is 8.48. The Morgan fingerprint density at radius 3 is 2.38 bits per heavy atom. The van der Waals surface area contributed by atoms with E-state index >= 15 is 0 Å². The minimum atomic E-state index is -1.60. The predicted octanol–water partition coefficient (Wildman–Crippen LogP) is 5.07. The highest BCUT2D eigenvalue weighted by Crippen LogP contribution is 2.20. The Morgan fingerprint density at radius 1 is 1.00 bits per heavy atom. The first kappa shape index (κ1) is 19.8. The summed E-state index contributed by atoms with van der Waals surface area (Å²) in [5.74, 6) is -5.50. The molecule has 0 atom stereocenters. The number of nitrogens with zero attached hydrogens (tertiary/aromatic N) is 1. The van der Waals surface area contributed by atoms with Crippen molar-refractivity contribution >= 4 is 5.97 Å². The van der Waals surface area contributed by atoms with Gasteiger partial charge in [0.1, 0.15) is 5.75 Å². The normalized spacial score (nSPS) is 10.6. The van der Waals surface area contributed by atoms with Crippen molar-refractivity contribution in [2.24, 2.45) is 0 Å². The fourth-order valence-corrected chi connectivity index (χ4v) is 2.24. The molecule has 4 nitrogen and oxygen atoms in total. The van der Waals surface area contributed by atoms with Gasteiger partial charge in [0.15, 0.2) is 11.6 Å². The molecule has 140 valence electrons. The van der Waals surface area contributed by atoms with Crippen LogP contribution in [0.25, 0.3) is 0 Å². The third kappa shape index (κ3) is 5.75. The average Bonchev–Trinajstić information content (AvgIpc) is 2.63.